The number of hydrogen-bond acceptors (Lipinski definition) is 4. The summed E-state index contributed by atoms with van der Waals surface area (Å²) in [6.07, 6.45) is 0. The fourth-order valence-electron chi connectivity index (χ4n) is 2.22. The first-order chi connectivity index (χ1) is 7.94. The predicted octanol–water partition coefficient (Wildman–Crippen LogP) is 1.83. The Bertz CT molecular complexity index is 221. The summed E-state index contributed by atoms with van der Waals surface area (Å²) in [6, 6.07) is 1.05. The Morgan fingerprint density at radius 1 is 1.41 bits per heavy atom. The van der Waals surface area contributed by atoms with Crippen molar-refractivity contribution >= 4 is 11.8 Å². The predicted molar refractivity (Wildman–Crippen MR) is 76.9 cm³/mol. The van der Waals surface area contributed by atoms with Crippen LogP contribution >= 0.6 is 11.8 Å². The average Bonchev–Trinajstić information content (AvgIpc) is 2.22. The lowest BCUT2D eigenvalue weighted by Crippen LogP contribution is -2.53. The summed E-state index contributed by atoms with van der Waals surface area (Å²) in [4.78, 5) is 2.58. The van der Waals surface area contributed by atoms with E-state index in [0.717, 1.165) is 19.7 Å². The van der Waals surface area contributed by atoms with Crippen LogP contribution in [-0.4, -0.2) is 60.8 Å². The molecule has 17 heavy (non-hydrogen) atoms. The molecule has 1 heterocycles. The Morgan fingerprint density at radius 2 is 2.12 bits per heavy atom. The van der Waals surface area contributed by atoms with Crippen LogP contribution in [-0.2, 0) is 4.74 Å². The van der Waals surface area contributed by atoms with Crippen LogP contribution < -0.4 is 5.32 Å². The second-order valence-electron chi connectivity index (χ2n) is 5.75. The third-order valence-electron chi connectivity index (χ3n) is 3.09. The molecule has 1 saturated heterocycles. The molecular formula is C13H28N2OS. The van der Waals surface area contributed by atoms with Gasteiger partial charge in [0.05, 0.1) is 6.61 Å². The van der Waals surface area contributed by atoms with Gasteiger partial charge in [0, 0.05) is 49.3 Å². The van der Waals surface area contributed by atoms with Crippen LogP contribution in [0.5, 0.6) is 0 Å². The summed E-state index contributed by atoms with van der Waals surface area (Å²) in [6.45, 7) is 13.2. The second-order valence-corrected chi connectivity index (χ2v) is 7.55. The highest BCUT2D eigenvalue weighted by atomic mass is 32.2. The van der Waals surface area contributed by atoms with Crippen molar-refractivity contribution in [2.75, 3.05) is 39.1 Å². The SMILES string of the molecule is COCC(CNC(C)C)N1CCSC(C)(C)C1. The van der Waals surface area contributed by atoms with Gasteiger partial charge in [-0.2, -0.15) is 11.8 Å². The van der Waals surface area contributed by atoms with Crippen LogP contribution in [0.1, 0.15) is 27.7 Å². The van der Waals surface area contributed by atoms with Crippen molar-refractivity contribution in [2.24, 2.45) is 0 Å². The zero-order chi connectivity index (χ0) is 12.9. The highest BCUT2D eigenvalue weighted by Crippen LogP contribution is 2.30. The van der Waals surface area contributed by atoms with Gasteiger partial charge in [-0.15, -0.1) is 0 Å². The highest BCUT2D eigenvalue weighted by molar-refractivity contribution is 8.00. The van der Waals surface area contributed by atoms with Crippen LogP contribution in [0.15, 0.2) is 0 Å². The fourth-order valence-corrected chi connectivity index (χ4v) is 3.36. The molecule has 4 heteroatoms. The molecule has 1 atom stereocenters. The van der Waals surface area contributed by atoms with Gasteiger partial charge in [-0.3, -0.25) is 4.90 Å². The summed E-state index contributed by atoms with van der Waals surface area (Å²) in [7, 11) is 1.80. The van der Waals surface area contributed by atoms with Gasteiger partial charge in [0.15, 0.2) is 0 Å². The van der Waals surface area contributed by atoms with Crippen molar-refractivity contribution in [3.63, 3.8) is 0 Å². The molecule has 102 valence electrons. The molecule has 1 aliphatic heterocycles. The molecule has 0 amide bonds. The first-order valence-corrected chi connectivity index (χ1v) is 7.53. The molecule has 0 radical (unpaired) electrons. The zero-order valence-corrected chi connectivity index (χ0v) is 12.8. The molecule has 0 spiro atoms. The summed E-state index contributed by atoms with van der Waals surface area (Å²) in [5, 5.41) is 3.53. The van der Waals surface area contributed by atoms with E-state index in [1.165, 1.54) is 12.3 Å². The van der Waals surface area contributed by atoms with E-state index in [0.29, 0.717) is 16.8 Å². The molecule has 0 aliphatic carbocycles. The van der Waals surface area contributed by atoms with Crippen molar-refractivity contribution in [3.05, 3.63) is 0 Å². The number of methoxy groups -OCH3 is 1. The standard InChI is InChI=1S/C13H28N2OS/c1-11(2)14-8-12(9-16-5)15-6-7-17-13(3,4)10-15/h11-12,14H,6-10H2,1-5H3. The molecule has 1 N–H and O–H groups in total. The molecule has 0 aromatic heterocycles. The summed E-state index contributed by atoms with van der Waals surface area (Å²) >= 11 is 2.08. The van der Waals surface area contributed by atoms with E-state index in [-0.39, 0.29) is 0 Å². The number of thioether (sulfide) groups is 1. The topological polar surface area (TPSA) is 24.5 Å². The average molecular weight is 260 g/mol. The van der Waals surface area contributed by atoms with Crippen LogP contribution in [0.25, 0.3) is 0 Å². The maximum absolute atomic E-state index is 5.37. The third-order valence-corrected chi connectivity index (χ3v) is 4.39. The number of rotatable bonds is 6. The molecule has 0 aromatic carbocycles. The summed E-state index contributed by atoms with van der Waals surface area (Å²) in [5.41, 5.74) is 0. The van der Waals surface area contributed by atoms with Crippen molar-refractivity contribution < 1.29 is 4.74 Å². The fraction of sp³-hybridized carbons (Fsp3) is 1.00. The smallest absolute Gasteiger partial charge is 0.0630 e. The minimum atomic E-state index is 0.377. The molecule has 3 nitrogen and oxygen atoms in total. The maximum Gasteiger partial charge on any atom is 0.0630 e. The van der Waals surface area contributed by atoms with Gasteiger partial charge in [-0.1, -0.05) is 13.8 Å². The Kier molecular flexibility index (Phi) is 6.27. The van der Waals surface area contributed by atoms with Crippen LogP contribution in [0.2, 0.25) is 0 Å². The van der Waals surface area contributed by atoms with Gasteiger partial charge in [0.25, 0.3) is 0 Å². The number of nitrogens with zero attached hydrogens (tertiary/aromatic N) is 1. The maximum atomic E-state index is 5.37. The lowest BCUT2D eigenvalue weighted by molar-refractivity contribution is 0.0848. The molecule has 1 unspecified atom stereocenters. The molecule has 1 aliphatic rings. The van der Waals surface area contributed by atoms with Crippen molar-refractivity contribution in [1.82, 2.24) is 10.2 Å². The van der Waals surface area contributed by atoms with Crippen LogP contribution in [0.4, 0.5) is 0 Å². The highest BCUT2D eigenvalue weighted by Gasteiger charge is 2.30. The first kappa shape index (κ1) is 15.3. The lowest BCUT2D eigenvalue weighted by Gasteiger charge is -2.42. The Balaban J connectivity index is 2.50. The molecular weight excluding hydrogens is 232 g/mol. The number of nitrogens with one attached hydrogen (secondary N) is 1. The summed E-state index contributed by atoms with van der Waals surface area (Å²) in [5.74, 6) is 1.23. The zero-order valence-electron chi connectivity index (χ0n) is 12.0. The van der Waals surface area contributed by atoms with Crippen LogP contribution in [0, 0.1) is 0 Å². The Labute approximate surface area is 111 Å². The minimum Gasteiger partial charge on any atom is -0.383 e. The first-order valence-electron chi connectivity index (χ1n) is 6.55. The van der Waals surface area contributed by atoms with Crippen molar-refractivity contribution in [1.29, 1.82) is 0 Å². The van der Waals surface area contributed by atoms with Gasteiger partial charge >= 0.3 is 0 Å². The molecule has 1 fully saturated rings. The van der Waals surface area contributed by atoms with Gasteiger partial charge in [-0.25, -0.2) is 0 Å². The lowest BCUT2D eigenvalue weighted by atomic mass is 10.1. The molecule has 1 rings (SSSR count). The van der Waals surface area contributed by atoms with Crippen molar-refractivity contribution in [3.8, 4) is 0 Å². The largest absolute Gasteiger partial charge is 0.383 e. The van der Waals surface area contributed by atoms with E-state index in [1.54, 1.807) is 7.11 Å². The van der Waals surface area contributed by atoms with Crippen LogP contribution in [0.3, 0.4) is 0 Å². The van der Waals surface area contributed by atoms with E-state index in [1.807, 2.05) is 0 Å². The van der Waals surface area contributed by atoms with E-state index >= 15 is 0 Å². The van der Waals surface area contributed by atoms with Gasteiger partial charge in [-0.05, 0) is 13.8 Å². The molecule has 0 bridgehead atoms. The minimum absolute atomic E-state index is 0.377. The van der Waals surface area contributed by atoms with Crippen molar-refractivity contribution in [2.45, 2.75) is 44.5 Å². The van der Waals surface area contributed by atoms with Gasteiger partial charge in [0.1, 0.15) is 0 Å². The van der Waals surface area contributed by atoms with Gasteiger partial charge < -0.3 is 10.1 Å². The summed E-state index contributed by atoms with van der Waals surface area (Å²) < 4.78 is 5.75. The Morgan fingerprint density at radius 3 is 2.65 bits per heavy atom. The molecule has 0 aromatic rings. The van der Waals surface area contributed by atoms with E-state index in [4.69, 9.17) is 4.74 Å². The number of ether oxygens (including phenoxy) is 1. The monoisotopic (exact) mass is 260 g/mol. The van der Waals surface area contributed by atoms with Gasteiger partial charge in [0.2, 0.25) is 0 Å². The second kappa shape index (κ2) is 6.98. The third kappa shape index (κ3) is 5.60. The molecule has 0 saturated carbocycles. The van der Waals surface area contributed by atoms with E-state index in [9.17, 15) is 0 Å². The normalized spacial score (nSPS) is 22.9. The van der Waals surface area contributed by atoms with E-state index < -0.39 is 0 Å². The number of hydrogen-bond donors (Lipinski definition) is 1. The quantitative estimate of drug-likeness (QED) is 0.787. The Hall–Kier alpha value is 0.230. The van der Waals surface area contributed by atoms with E-state index in [2.05, 4.69) is 49.7 Å².